The summed E-state index contributed by atoms with van der Waals surface area (Å²) in [6, 6.07) is 7.90. The Labute approximate surface area is 110 Å². The number of rotatable bonds is 3. The molecule has 5 nitrogen and oxygen atoms in total. The summed E-state index contributed by atoms with van der Waals surface area (Å²) in [5.74, 6) is -1.36. The number of hydrogen-bond donors (Lipinski definition) is 1. The Morgan fingerprint density at radius 1 is 1.26 bits per heavy atom. The first-order chi connectivity index (χ1) is 9.02. The van der Waals surface area contributed by atoms with Crippen molar-refractivity contribution in [2.45, 2.75) is 13.0 Å². The summed E-state index contributed by atoms with van der Waals surface area (Å²) in [7, 11) is 1.48. The minimum Gasteiger partial charge on any atom is -0.480 e. The zero-order valence-corrected chi connectivity index (χ0v) is 10.7. The highest BCUT2D eigenvalue weighted by atomic mass is 16.4. The van der Waals surface area contributed by atoms with E-state index in [1.54, 1.807) is 30.5 Å². The van der Waals surface area contributed by atoms with E-state index in [1.807, 2.05) is 6.07 Å². The molecule has 1 N–H and O–H groups in total. The van der Waals surface area contributed by atoms with Crippen molar-refractivity contribution >= 4 is 22.8 Å². The van der Waals surface area contributed by atoms with Gasteiger partial charge in [-0.3, -0.25) is 9.78 Å². The van der Waals surface area contributed by atoms with Gasteiger partial charge < -0.3 is 10.0 Å². The third-order valence-corrected chi connectivity index (χ3v) is 3.13. The van der Waals surface area contributed by atoms with Gasteiger partial charge in [-0.05, 0) is 25.1 Å². The number of likely N-dealkylation sites (N-methyl/N-ethyl adjacent to an activating group) is 1. The molecule has 0 fully saturated rings. The lowest BCUT2D eigenvalue weighted by Crippen LogP contribution is -2.40. The predicted octanol–water partition coefficient (Wildman–Crippen LogP) is 1.78. The fraction of sp³-hybridized carbons (Fsp3) is 0.214. The Morgan fingerprint density at radius 3 is 2.68 bits per heavy atom. The SMILES string of the molecule is CC(C(=O)O)N(C)C(=O)c1cccc2ncccc12. The second-order valence-corrected chi connectivity index (χ2v) is 4.31. The van der Waals surface area contributed by atoms with E-state index in [9.17, 15) is 9.59 Å². The van der Waals surface area contributed by atoms with Crippen LogP contribution in [0, 0.1) is 0 Å². The molecular formula is C14H14N2O3. The first kappa shape index (κ1) is 13.0. The van der Waals surface area contributed by atoms with E-state index < -0.39 is 12.0 Å². The number of pyridine rings is 1. The number of hydrogen-bond acceptors (Lipinski definition) is 3. The van der Waals surface area contributed by atoms with Crippen LogP contribution in [0.2, 0.25) is 0 Å². The normalized spacial score (nSPS) is 12.1. The maximum Gasteiger partial charge on any atom is 0.326 e. The van der Waals surface area contributed by atoms with E-state index in [0.717, 1.165) is 5.39 Å². The number of aromatic nitrogens is 1. The number of aliphatic carboxylic acids is 1. The third-order valence-electron chi connectivity index (χ3n) is 3.13. The van der Waals surface area contributed by atoms with Crippen molar-refractivity contribution in [3.05, 3.63) is 42.1 Å². The van der Waals surface area contributed by atoms with Gasteiger partial charge in [0.1, 0.15) is 6.04 Å². The Kier molecular flexibility index (Phi) is 3.46. The maximum atomic E-state index is 12.3. The van der Waals surface area contributed by atoms with Crippen LogP contribution in [0.1, 0.15) is 17.3 Å². The quantitative estimate of drug-likeness (QED) is 0.911. The molecule has 0 spiro atoms. The summed E-state index contributed by atoms with van der Waals surface area (Å²) in [6.07, 6.45) is 1.65. The number of carbonyl (C=O) groups is 2. The summed E-state index contributed by atoms with van der Waals surface area (Å²) < 4.78 is 0. The van der Waals surface area contributed by atoms with Gasteiger partial charge in [-0.25, -0.2) is 4.79 Å². The van der Waals surface area contributed by atoms with E-state index in [0.29, 0.717) is 11.1 Å². The van der Waals surface area contributed by atoms with E-state index in [-0.39, 0.29) is 5.91 Å². The van der Waals surface area contributed by atoms with Crippen molar-refractivity contribution in [1.82, 2.24) is 9.88 Å². The highest BCUT2D eigenvalue weighted by Crippen LogP contribution is 2.18. The molecule has 1 amide bonds. The van der Waals surface area contributed by atoms with Gasteiger partial charge in [0.15, 0.2) is 0 Å². The Bertz CT molecular complexity index is 634. The fourth-order valence-electron chi connectivity index (χ4n) is 1.82. The maximum absolute atomic E-state index is 12.3. The summed E-state index contributed by atoms with van der Waals surface area (Å²) in [6.45, 7) is 1.48. The standard InChI is InChI=1S/C14H14N2O3/c1-9(14(18)19)16(2)13(17)11-5-3-7-12-10(11)6-4-8-15-12/h3-9H,1-2H3,(H,18,19). The van der Waals surface area contributed by atoms with Crippen LogP contribution in [-0.4, -0.2) is 40.0 Å². The second-order valence-electron chi connectivity index (χ2n) is 4.31. The van der Waals surface area contributed by atoms with Gasteiger partial charge in [-0.15, -0.1) is 0 Å². The lowest BCUT2D eigenvalue weighted by molar-refractivity contribution is -0.141. The van der Waals surface area contributed by atoms with Crippen LogP contribution in [0.5, 0.6) is 0 Å². The van der Waals surface area contributed by atoms with Gasteiger partial charge in [0, 0.05) is 24.2 Å². The Morgan fingerprint density at radius 2 is 2.00 bits per heavy atom. The Balaban J connectivity index is 2.44. The molecule has 0 aliphatic heterocycles. The number of amides is 1. The molecule has 1 heterocycles. The molecule has 0 bridgehead atoms. The Hall–Kier alpha value is -2.43. The van der Waals surface area contributed by atoms with Crippen LogP contribution in [0.4, 0.5) is 0 Å². The average Bonchev–Trinajstić information content (AvgIpc) is 2.44. The van der Waals surface area contributed by atoms with Crippen molar-refractivity contribution in [2.24, 2.45) is 0 Å². The van der Waals surface area contributed by atoms with E-state index in [4.69, 9.17) is 5.11 Å². The number of carboxylic acid groups (broad SMARTS) is 1. The van der Waals surface area contributed by atoms with E-state index in [2.05, 4.69) is 4.98 Å². The molecule has 1 aromatic carbocycles. The van der Waals surface area contributed by atoms with Crippen LogP contribution < -0.4 is 0 Å². The molecule has 5 heteroatoms. The van der Waals surface area contributed by atoms with Crippen molar-refractivity contribution in [3.63, 3.8) is 0 Å². The summed E-state index contributed by atoms with van der Waals surface area (Å²) in [5.41, 5.74) is 1.17. The molecule has 2 aromatic rings. The molecule has 2 rings (SSSR count). The third kappa shape index (κ3) is 2.40. The van der Waals surface area contributed by atoms with Gasteiger partial charge in [0.05, 0.1) is 5.52 Å². The first-order valence-electron chi connectivity index (χ1n) is 5.86. The smallest absolute Gasteiger partial charge is 0.326 e. The zero-order valence-electron chi connectivity index (χ0n) is 10.7. The van der Waals surface area contributed by atoms with Crippen molar-refractivity contribution in [3.8, 4) is 0 Å². The topological polar surface area (TPSA) is 70.5 Å². The summed E-state index contributed by atoms with van der Waals surface area (Å²) in [5, 5.41) is 9.68. The van der Waals surface area contributed by atoms with Crippen molar-refractivity contribution in [1.29, 1.82) is 0 Å². The van der Waals surface area contributed by atoms with Gasteiger partial charge >= 0.3 is 5.97 Å². The minimum absolute atomic E-state index is 0.325. The molecule has 1 unspecified atom stereocenters. The molecule has 0 radical (unpaired) electrons. The van der Waals surface area contributed by atoms with Crippen LogP contribution in [0.25, 0.3) is 10.9 Å². The van der Waals surface area contributed by atoms with Crippen LogP contribution >= 0.6 is 0 Å². The van der Waals surface area contributed by atoms with E-state index in [1.165, 1.54) is 18.9 Å². The van der Waals surface area contributed by atoms with Crippen LogP contribution in [0.3, 0.4) is 0 Å². The molecule has 1 aromatic heterocycles. The number of fused-ring (bicyclic) bond motifs is 1. The summed E-state index contributed by atoms with van der Waals surface area (Å²) >= 11 is 0. The lowest BCUT2D eigenvalue weighted by atomic mass is 10.1. The molecule has 19 heavy (non-hydrogen) atoms. The number of benzene rings is 1. The molecule has 0 saturated carbocycles. The second kappa shape index (κ2) is 5.06. The highest BCUT2D eigenvalue weighted by molar-refractivity contribution is 6.06. The summed E-state index contributed by atoms with van der Waals surface area (Å²) in [4.78, 5) is 28.7. The highest BCUT2D eigenvalue weighted by Gasteiger charge is 2.23. The van der Waals surface area contributed by atoms with Crippen LogP contribution in [-0.2, 0) is 4.79 Å². The number of carbonyl (C=O) groups excluding carboxylic acids is 1. The van der Waals surface area contributed by atoms with E-state index >= 15 is 0 Å². The lowest BCUT2D eigenvalue weighted by Gasteiger charge is -2.22. The van der Waals surface area contributed by atoms with Gasteiger partial charge in [-0.1, -0.05) is 12.1 Å². The molecule has 0 saturated heterocycles. The van der Waals surface area contributed by atoms with Gasteiger partial charge in [-0.2, -0.15) is 0 Å². The predicted molar refractivity (Wildman–Crippen MR) is 70.9 cm³/mol. The fourth-order valence-corrected chi connectivity index (χ4v) is 1.82. The molecule has 0 aliphatic rings. The van der Waals surface area contributed by atoms with Gasteiger partial charge in [0.2, 0.25) is 0 Å². The molecule has 0 aliphatic carbocycles. The molecule has 98 valence electrons. The largest absolute Gasteiger partial charge is 0.480 e. The minimum atomic E-state index is -1.03. The van der Waals surface area contributed by atoms with Crippen molar-refractivity contribution in [2.75, 3.05) is 7.05 Å². The zero-order chi connectivity index (χ0) is 14.0. The average molecular weight is 258 g/mol. The number of nitrogens with zero attached hydrogens (tertiary/aromatic N) is 2. The molecule has 1 atom stereocenters. The van der Waals surface area contributed by atoms with Crippen LogP contribution in [0.15, 0.2) is 36.5 Å². The first-order valence-corrected chi connectivity index (χ1v) is 5.86. The van der Waals surface area contributed by atoms with Gasteiger partial charge in [0.25, 0.3) is 5.91 Å². The number of carboxylic acids is 1. The van der Waals surface area contributed by atoms with Crippen molar-refractivity contribution < 1.29 is 14.7 Å². The monoisotopic (exact) mass is 258 g/mol. The molecular weight excluding hydrogens is 244 g/mol.